The molecule has 0 atom stereocenters. The number of halogens is 6. The third-order valence-electron chi connectivity index (χ3n) is 3.09. The third-order valence-corrected chi connectivity index (χ3v) is 4.58. The van der Waals surface area contributed by atoms with Crippen molar-refractivity contribution in [1.82, 2.24) is 0 Å². The highest BCUT2D eigenvalue weighted by Gasteiger charge is 2.34. The molecule has 2 aromatic rings. The van der Waals surface area contributed by atoms with Crippen LogP contribution in [0.2, 0.25) is 0 Å². The lowest BCUT2D eigenvalue weighted by atomic mass is 10.2. The van der Waals surface area contributed by atoms with Crippen molar-refractivity contribution in [3.05, 3.63) is 58.2 Å². The molecule has 8 heteroatoms. The SMILES string of the molecule is Cc1c(F)cc(F)c([S+]([O-])c2c(F)cc(F)c(C)c2F)c1F. The van der Waals surface area contributed by atoms with E-state index < -0.39 is 67.0 Å². The molecule has 0 spiro atoms. The molecular formula is C14H8F6OS. The maximum absolute atomic E-state index is 13.9. The summed E-state index contributed by atoms with van der Waals surface area (Å²) in [6.45, 7) is 1.90. The summed E-state index contributed by atoms with van der Waals surface area (Å²) in [6.07, 6.45) is 0. The van der Waals surface area contributed by atoms with Gasteiger partial charge in [0.1, 0.15) is 11.6 Å². The molecule has 0 saturated heterocycles. The van der Waals surface area contributed by atoms with Crippen molar-refractivity contribution in [2.24, 2.45) is 0 Å². The van der Waals surface area contributed by atoms with E-state index in [1.165, 1.54) is 0 Å². The molecule has 0 aliphatic rings. The van der Waals surface area contributed by atoms with Crippen LogP contribution in [0.3, 0.4) is 0 Å². The Morgan fingerprint density at radius 3 is 1.32 bits per heavy atom. The average Bonchev–Trinajstić information content (AvgIpc) is 2.42. The number of hydrogen-bond donors (Lipinski definition) is 0. The van der Waals surface area contributed by atoms with Gasteiger partial charge in [0, 0.05) is 34.4 Å². The van der Waals surface area contributed by atoms with Crippen LogP contribution in [0.4, 0.5) is 26.3 Å². The fourth-order valence-electron chi connectivity index (χ4n) is 1.77. The van der Waals surface area contributed by atoms with Gasteiger partial charge in [-0.25, -0.2) is 26.3 Å². The Bertz CT molecular complexity index is 698. The van der Waals surface area contributed by atoms with Crippen LogP contribution < -0.4 is 0 Å². The van der Waals surface area contributed by atoms with Crippen molar-refractivity contribution in [2.75, 3.05) is 0 Å². The van der Waals surface area contributed by atoms with Crippen molar-refractivity contribution in [3.63, 3.8) is 0 Å². The molecule has 0 N–H and O–H groups in total. The Kier molecular flexibility index (Phi) is 4.44. The maximum atomic E-state index is 13.9. The summed E-state index contributed by atoms with van der Waals surface area (Å²) in [6, 6.07) is 0.523. The molecule has 2 rings (SSSR count). The second-order valence-electron chi connectivity index (χ2n) is 4.49. The van der Waals surface area contributed by atoms with Crippen LogP contribution in [0.5, 0.6) is 0 Å². The molecule has 0 unspecified atom stereocenters. The van der Waals surface area contributed by atoms with E-state index in [1.54, 1.807) is 0 Å². The molecule has 0 saturated carbocycles. The summed E-state index contributed by atoms with van der Waals surface area (Å²) >= 11 is -2.96. The molecule has 2 aromatic carbocycles. The molecule has 0 heterocycles. The zero-order chi connectivity index (χ0) is 16.8. The first-order valence-electron chi connectivity index (χ1n) is 5.86. The van der Waals surface area contributed by atoms with E-state index in [2.05, 4.69) is 0 Å². The zero-order valence-electron chi connectivity index (χ0n) is 11.2. The molecule has 0 amide bonds. The van der Waals surface area contributed by atoms with Gasteiger partial charge in [-0.05, 0) is 13.8 Å². The van der Waals surface area contributed by atoms with Crippen LogP contribution >= 0.6 is 0 Å². The molecule has 1 nitrogen and oxygen atoms in total. The number of rotatable bonds is 2. The lowest BCUT2D eigenvalue weighted by molar-refractivity contribution is 0.473. The van der Waals surface area contributed by atoms with Crippen molar-refractivity contribution in [2.45, 2.75) is 23.6 Å². The molecule has 0 aliphatic carbocycles. The van der Waals surface area contributed by atoms with E-state index in [0.717, 1.165) is 13.8 Å². The third kappa shape index (κ3) is 2.56. The van der Waals surface area contributed by atoms with Crippen LogP contribution in [0, 0.1) is 48.8 Å². The smallest absolute Gasteiger partial charge is 0.230 e. The van der Waals surface area contributed by atoms with Gasteiger partial charge in [0.25, 0.3) is 0 Å². The van der Waals surface area contributed by atoms with Crippen molar-refractivity contribution in [3.8, 4) is 0 Å². The number of hydrogen-bond acceptors (Lipinski definition) is 1. The van der Waals surface area contributed by atoms with Gasteiger partial charge >= 0.3 is 0 Å². The highest BCUT2D eigenvalue weighted by Crippen LogP contribution is 2.33. The fourth-order valence-corrected chi connectivity index (χ4v) is 3.08. The molecular weight excluding hydrogens is 330 g/mol. The molecule has 0 fully saturated rings. The van der Waals surface area contributed by atoms with Crippen molar-refractivity contribution in [1.29, 1.82) is 0 Å². The second-order valence-corrected chi connectivity index (χ2v) is 5.84. The van der Waals surface area contributed by atoms with Gasteiger partial charge in [-0.15, -0.1) is 0 Å². The van der Waals surface area contributed by atoms with E-state index in [-0.39, 0.29) is 12.1 Å². The Hall–Kier alpha value is -1.67. The van der Waals surface area contributed by atoms with Crippen molar-refractivity contribution >= 4 is 11.2 Å². The largest absolute Gasteiger partial charge is 0.606 e. The second kappa shape index (κ2) is 5.85. The van der Waals surface area contributed by atoms with Crippen LogP contribution in [0.15, 0.2) is 21.9 Å². The summed E-state index contributed by atoms with van der Waals surface area (Å²) in [5.74, 6) is -8.60. The van der Waals surface area contributed by atoms with Gasteiger partial charge in [0.05, 0.1) is 0 Å². The minimum atomic E-state index is -2.96. The molecule has 0 aromatic heterocycles. The quantitative estimate of drug-likeness (QED) is 0.591. The Labute approximate surface area is 124 Å². The van der Waals surface area contributed by atoms with Gasteiger partial charge in [-0.3, -0.25) is 0 Å². The minimum Gasteiger partial charge on any atom is -0.606 e. The lowest BCUT2D eigenvalue weighted by Gasteiger charge is -2.15. The highest BCUT2D eigenvalue weighted by atomic mass is 32.2. The van der Waals surface area contributed by atoms with E-state index in [4.69, 9.17) is 0 Å². The van der Waals surface area contributed by atoms with Gasteiger partial charge < -0.3 is 4.55 Å². The fraction of sp³-hybridized carbons (Fsp3) is 0.143. The molecule has 0 radical (unpaired) electrons. The summed E-state index contributed by atoms with van der Waals surface area (Å²) in [7, 11) is 0. The number of benzene rings is 2. The van der Waals surface area contributed by atoms with Gasteiger partial charge in [-0.1, -0.05) is 0 Å². The van der Waals surface area contributed by atoms with E-state index in [1.807, 2.05) is 0 Å². The van der Waals surface area contributed by atoms with Gasteiger partial charge in [0.15, 0.2) is 23.3 Å². The van der Waals surface area contributed by atoms with E-state index >= 15 is 0 Å². The highest BCUT2D eigenvalue weighted by molar-refractivity contribution is 7.91. The van der Waals surface area contributed by atoms with Crippen LogP contribution in [0.25, 0.3) is 0 Å². The first-order chi connectivity index (χ1) is 10.2. The molecule has 0 aliphatic heterocycles. The normalized spacial score (nSPS) is 11.4. The van der Waals surface area contributed by atoms with E-state index in [0.29, 0.717) is 0 Å². The monoisotopic (exact) mass is 338 g/mol. The molecule has 118 valence electrons. The first kappa shape index (κ1) is 16.7. The van der Waals surface area contributed by atoms with Crippen LogP contribution in [-0.4, -0.2) is 4.55 Å². The summed E-state index contributed by atoms with van der Waals surface area (Å²) in [5, 5.41) is 0. The predicted octanol–water partition coefficient (Wildman–Crippen LogP) is 4.30. The Morgan fingerprint density at radius 2 is 1.00 bits per heavy atom. The summed E-state index contributed by atoms with van der Waals surface area (Å²) in [4.78, 5) is -2.38. The first-order valence-corrected chi connectivity index (χ1v) is 7.01. The summed E-state index contributed by atoms with van der Waals surface area (Å²) < 4.78 is 93.7. The van der Waals surface area contributed by atoms with Gasteiger partial charge in [-0.2, -0.15) is 0 Å². The van der Waals surface area contributed by atoms with E-state index in [9.17, 15) is 30.9 Å². The van der Waals surface area contributed by atoms with Crippen molar-refractivity contribution < 1.29 is 30.9 Å². The zero-order valence-corrected chi connectivity index (χ0v) is 12.1. The predicted molar refractivity (Wildman–Crippen MR) is 66.8 cm³/mol. The Morgan fingerprint density at radius 1 is 0.682 bits per heavy atom. The van der Waals surface area contributed by atoms with Crippen LogP contribution in [0.1, 0.15) is 11.1 Å². The standard InChI is InChI=1S/C14H8F6OS/c1-5-7(15)3-9(17)13(11(5)19)22(21)14-10(18)4-8(16)6(2)12(14)20/h3-4H,1-2H3. The topological polar surface area (TPSA) is 23.1 Å². The molecule has 22 heavy (non-hydrogen) atoms. The van der Waals surface area contributed by atoms with Crippen LogP contribution in [-0.2, 0) is 11.2 Å². The Balaban J connectivity index is 2.72. The lowest BCUT2D eigenvalue weighted by Crippen LogP contribution is -2.14. The molecule has 0 bridgehead atoms. The average molecular weight is 338 g/mol. The maximum Gasteiger partial charge on any atom is 0.230 e. The summed E-state index contributed by atoms with van der Waals surface area (Å²) in [5.41, 5.74) is -1.30. The minimum absolute atomic E-state index is 0.262. The van der Waals surface area contributed by atoms with Gasteiger partial charge in [0.2, 0.25) is 9.79 Å².